The molecule has 144 valence electrons. The number of rotatable bonds is 4. The van der Waals surface area contributed by atoms with Crippen molar-refractivity contribution in [2.45, 2.75) is 4.90 Å². The molecule has 0 fully saturated rings. The van der Waals surface area contributed by atoms with E-state index < -0.39 is 15.7 Å². The number of nitrogens with one attached hydrogen (secondary N) is 1. The quantitative estimate of drug-likeness (QED) is 0.543. The second-order valence-corrected chi connectivity index (χ2v) is 8.64. The van der Waals surface area contributed by atoms with E-state index >= 15 is 0 Å². The van der Waals surface area contributed by atoms with E-state index in [1.807, 2.05) is 54.6 Å². The van der Waals surface area contributed by atoms with E-state index in [0.29, 0.717) is 22.2 Å². The molecule has 1 N–H and O–H groups in total. The van der Waals surface area contributed by atoms with Gasteiger partial charge in [-0.25, -0.2) is 13.4 Å². The second-order valence-electron chi connectivity index (χ2n) is 6.66. The molecule has 0 atom stereocenters. The lowest BCUT2D eigenvalue weighted by atomic mass is 10.0. The average molecular weight is 402 g/mol. The summed E-state index contributed by atoms with van der Waals surface area (Å²) in [5.74, 6) is -0.392. The zero-order valence-electron chi connectivity index (χ0n) is 15.7. The highest BCUT2D eigenvalue weighted by molar-refractivity contribution is 7.90. The maximum Gasteiger partial charge on any atom is 0.256 e. The number of para-hydroxylation sites is 2. The first kappa shape index (κ1) is 18.8. The third-order valence-corrected chi connectivity index (χ3v) is 5.72. The molecule has 0 saturated heterocycles. The van der Waals surface area contributed by atoms with E-state index in [1.54, 1.807) is 24.3 Å². The van der Waals surface area contributed by atoms with Crippen LogP contribution in [0.4, 0.5) is 5.69 Å². The lowest BCUT2D eigenvalue weighted by molar-refractivity contribution is 0.102. The number of sulfone groups is 1. The Labute approximate surface area is 169 Å². The van der Waals surface area contributed by atoms with Crippen LogP contribution in [0.5, 0.6) is 0 Å². The van der Waals surface area contributed by atoms with Crippen LogP contribution in [0.25, 0.3) is 22.2 Å². The molecule has 0 saturated carbocycles. The fourth-order valence-corrected chi connectivity index (χ4v) is 4.05. The highest BCUT2D eigenvalue weighted by Gasteiger charge is 2.18. The van der Waals surface area contributed by atoms with Gasteiger partial charge in [0.1, 0.15) is 0 Å². The first-order chi connectivity index (χ1) is 13.9. The maximum atomic E-state index is 13.2. The van der Waals surface area contributed by atoms with Crippen LogP contribution in [0.1, 0.15) is 10.4 Å². The largest absolute Gasteiger partial charge is 0.321 e. The monoisotopic (exact) mass is 402 g/mol. The SMILES string of the molecule is CS(=O)(=O)c1ccccc1NC(=O)c1cc(-c2ccccc2)nc2ccccc12. The van der Waals surface area contributed by atoms with Gasteiger partial charge in [0.15, 0.2) is 9.84 Å². The van der Waals surface area contributed by atoms with Crippen molar-refractivity contribution in [1.82, 2.24) is 4.98 Å². The summed E-state index contributed by atoms with van der Waals surface area (Å²) < 4.78 is 24.1. The number of carbonyl (C=O) groups is 1. The van der Waals surface area contributed by atoms with Gasteiger partial charge in [-0.1, -0.05) is 60.7 Å². The predicted octanol–water partition coefficient (Wildman–Crippen LogP) is 4.56. The van der Waals surface area contributed by atoms with Crippen LogP contribution in [0.3, 0.4) is 0 Å². The number of aromatic nitrogens is 1. The highest BCUT2D eigenvalue weighted by Crippen LogP contribution is 2.27. The van der Waals surface area contributed by atoms with Crippen molar-refractivity contribution >= 4 is 32.3 Å². The Balaban J connectivity index is 1.83. The molecule has 1 aromatic heterocycles. The van der Waals surface area contributed by atoms with Gasteiger partial charge in [-0.2, -0.15) is 0 Å². The molecule has 0 bridgehead atoms. The fraction of sp³-hybridized carbons (Fsp3) is 0.0435. The maximum absolute atomic E-state index is 13.2. The van der Waals surface area contributed by atoms with Crippen molar-refractivity contribution in [3.63, 3.8) is 0 Å². The number of nitrogens with zero attached hydrogens (tertiary/aromatic N) is 1. The van der Waals surface area contributed by atoms with E-state index in [4.69, 9.17) is 0 Å². The summed E-state index contributed by atoms with van der Waals surface area (Å²) >= 11 is 0. The molecule has 0 aliphatic rings. The molecule has 1 heterocycles. The number of carbonyl (C=O) groups excluding carboxylic acids is 1. The zero-order chi connectivity index (χ0) is 20.4. The first-order valence-corrected chi connectivity index (χ1v) is 10.9. The summed E-state index contributed by atoms with van der Waals surface area (Å²) in [6, 6.07) is 25.1. The van der Waals surface area contributed by atoms with Gasteiger partial charge < -0.3 is 5.32 Å². The van der Waals surface area contributed by atoms with Gasteiger partial charge in [-0.3, -0.25) is 4.79 Å². The molecular weight excluding hydrogens is 384 g/mol. The van der Waals surface area contributed by atoms with Crippen molar-refractivity contribution in [2.24, 2.45) is 0 Å². The van der Waals surface area contributed by atoms with Crippen molar-refractivity contribution < 1.29 is 13.2 Å². The van der Waals surface area contributed by atoms with Gasteiger partial charge in [0.25, 0.3) is 5.91 Å². The fourth-order valence-electron chi connectivity index (χ4n) is 3.20. The lowest BCUT2D eigenvalue weighted by Gasteiger charge is -2.12. The summed E-state index contributed by atoms with van der Waals surface area (Å²) in [7, 11) is -3.48. The van der Waals surface area contributed by atoms with Crippen LogP contribution in [0.15, 0.2) is 89.8 Å². The molecule has 0 unspecified atom stereocenters. The van der Waals surface area contributed by atoms with Crippen LogP contribution >= 0.6 is 0 Å². The van der Waals surface area contributed by atoms with Crippen molar-refractivity contribution in [1.29, 1.82) is 0 Å². The second kappa shape index (κ2) is 7.48. The number of anilines is 1. The molecule has 4 aromatic rings. The Kier molecular flexibility index (Phi) is 4.86. The topological polar surface area (TPSA) is 76.1 Å². The summed E-state index contributed by atoms with van der Waals surface area (Å²) in [6.45, 7) is 0. The Bertz CT molecular complexity index is 1320. The third kappa shape index (κ3) is 3.88. The van der Waals surface area contributed by atoms with Gasteiger partial charge in [-0.05, 0) is 24.3 Å². The molecule has 5 nitrogen and oxygen atoms in total. The summed E-state index contributed by atoms with van der Waals surface area (Å²) in [6.07, 6.45) is 1.12. The summed E-state index contributed by atoms with van der Waals surface area (Å²) in [4.78, 5) is 17.9. The average Bonchev–Trinajstić information content (AvgIpc) is 2.73. The minimum absolute atomic E-state index is 0.0787. The molecule has 0 aliphatic heterocycles. The van der Waals surface area contributed by atoms with Crippen molar-refractivity contribution in [3.05, 3.63) is 90.5 Å². The normalized spacial score (nSPS) is 11.3. The molecule has 0 radical (unpaired) electrons. The van der Waals surface area contributed by atoms with Crippen LogP contribution < -0.4 is 5.32 Å². The molecule has 0 aliphatic carbocycles. The minimum atomic E-state index is -3.48. The van der Waals surface area contributed by atoms with Gasteiger partial charge in [-0.15, -0.1) is 0 Å². The Morgan fingerprint density at radius 2 is 1.52 bits per heavy atom. The molecule has 0 spiro atoms. The number of fused-ring (bicyclic) bond motifs is 1. The van der Waals surface area contributed by atoms with Gasteiger partial charge in [0.05, 0.1) is 27.4 Å². The number of amides is 1. The Morgan fingerprint density at radius 3 is 2.28 bits per heavy atom. The Morgan fingerprint density at radius 1 is 0.862 bits per heavy atom. The summed E-state index contributed by atoms with van der Waals surface area (Å²) in [5, 5.41) is 3.45. The Hall–Kier alpha value is -3.51. The summed E-state index contributed by atoms with van der Waals surface area (Å²) in [5.41, 5.74) is 2.94. The van der Waals surface area contributed by atoms with Crippen LogP contribution in [0.2, 0.25) is 0 Å². The van der Waals surface area contributed by atoms with Gasteiger partial charge in [0, 0.05) is 17.2 Å². The molecule has 3 aromatic carbocycles. The van der Waals surface area contributed by atoms with Gasteiger partial charge >= 0.3 is 0 Å². The van der Waals surface area contributed by atoms with Crippen molar-refractivity contribution in [3.8, 4) is 11.3 Å². The standard InChI is InChI=1S/C23H18N2O3S/c1-29(27,28)22-14-8-7-13-20(22)25-23(26)18-15-21(16-9-3-2-4-10-16)24-19-12-6-5-11-17(18)19/h2-15H,1H3,(H,25,26). The van der Waals surface area contributed by atoms with E-state index in [0.717, 1.165) is 11.8 Å². The van der Waals surface area contributed by atoms with Crippen LogP contribution in [-0.2, 0) is 9.84 Å². The first-order valence-electron chi connectivity index (χ1n) is 8.99. The van der Waals surface area contributed by atoms with Crippen LogP contribution in [-0.4, -0.2) is 25.6 Å². The molecule has 29 heavy (non-hydrogen) atoms. The van der Waals surface area contributed by atoms with Gasteiger partial charge in [0.2, 0.25) is 0 Å². The molecule has 4 rings (SSSR count). The zero-order valence-corrected chi connectivity index (χ0v) is 16.5. The predicted molar refractivity (Wildman–Crippen MR) is 115 cm³/mol. The molecule has 1 amide bonds. The molecular formula is C23H18N2O3S. The third-order valence-electron chi connectivity index (χ3n) is 4.57. The highest BCUT2D eigenvalue weighted by atomic mass is 32.2. The number of hydrogen-bond donors (Lipinski definition) is 1. The lowest BCUT2D eigenvalue weighted by Crippen LogP contribution is -2.15. The number of benzene rings is 3. The number of pyridine rings is 1. The van der Waals surface area contributed by atoms with E-state index in [-0.39, 0.29) is 10.6 Å². The van der Waals surface area contributed by atoms with E-state index in [2.05, 4.69) is 10.3 Å². The van der Waals surface area contributed by atoms with Crippen LogP contribution in [0, 0.1) is 0 Å². The van der Waals surface area contributed by atoms with E-state index in [9.17, 15) is 13.2 Å². The molecule has 6 heteroatoms. The minimum Gasteiger partial charge on any atom is -0.321 e. The van der Waals surface area contributed by atoms with E-state index in [1.165, 1.54) is 6.07 Å². The number of hydrogen-bond acceptors (Lipinski definition) is 4. The van der Waals surface area contributed by atoms with Crippen molar-refractivity contribution in [2.75, 3.05) is 11.6 Å². The smallest absolute Gasteiger partial charge is 0.256 e.